The van der Waals surface area contributed by atoms with Crippen molar-refractivity contribution < 1.29 is 33.7 Å². The second-order valence-electron chi connectivity index (χ2n) is 11.1. The fraction of sp³-hybridized carbons (Fsp3) is 0.633. The average Bonchev–Trinajstić information content (AvgIpc) is 2.85. The third-order valence-electron chi connectivity index (χ3n) is 5.88. The van der Waals surface area contributed by atoms with Crippen molar-refractivity contribution in [1.29, 1.82) is 0 Å². The molecule has 0 saturated carbocycles. The molecule has 0 radical (unpaired) electrons. The number of aliphatic carboxylic acids is 1. The Labute approximate surface area is 233 Å². The highest BCUT2D eigenvalue weighted by Gasteiger charge is 2.24. The number of ether oxygens (including phenoxy) is 3. The Morgan fingerprint density at radius 3 is 2.13 bits per heavy atom. The Bertz CT molecular complexity index is 934. The number of carboxylic acids is 1. The number of amides is 2. The molecule has 0 saturated heterocycles. The van der Waals surface area contributed by atoms with Gasteiger partial charge < -0.3 is 30.0 Å². The molecule has 1 unspecified atom stereocenters. The van der Waals surface area contributed by atoms with E-state index in [0.717, 1.165) is 37.9 Å². The Balaban J connectivity index is 2.29. The van der Waals surface area contributed by atoms with Gasteiger partial charge in [0, 0.05) is 0 Å². The van der Waals surface area contributed by atoms with Gasteiger partial charge in [0.25, 0.3) is 5.91 Å². The van der Waals surface area contributed by atoms with E-state index in [1.165, 1.54) is 12.0 Å². The number of aryl methyl sites for hydroxylation is 1. The summed E-state index contributed by atoms with van der Waals surface area (Å²) in [4.78, 5) is 35.8. The quantitative estimate of drug-likeness (QED) is 0.131. The number of carbonyl (C=O) groups excluding carboxylic acids is 2. The highest BCUT2D eigenvalue weighted by Crippen LogP contribution is 2.16. The summed E-state index contributed by atoms with van der Waals surface area (Å²) in [7, 11) is 0. The highest BCUT2D eigenvalue weighted by molar-refractivity contribution is 5.95. The number of hydrogen-bond acceptors (Lipinski definition) is 6. The van der Waals surface area contributed by atoms with Crippen LogP contribution in [0.15, 0.2) is 35.6 Å². The number of carboxylic acid groups (broad SMARTS) is 1. The Hall–Kier alpha value is -3.23. The zero-order chi connectivity index (χ0) is 29.4. The maximum absolute atomic E-state index is 12.5. The summed E-state index contributed by atoms with van der Waals surface area (Å²) < 4.78 is 16.6. The van der Waals surface area contributed by atoms with Crippen LogP contribution >= 0.6 is 0 Å². The number of nitrogens with one attached hydrogen (secondary N) is 2. The Morgan fingerprint density at radius 2 is 1.56 bits per heavy atom. The molecule has 0 aromatic heterocycles. The van der Waals surface area contributed by atoms with Crippen molar-refractivity contribution in [3.63, 3.8) is 0 Å². The first-order valence-corrected chi connectivity index (χ1v) is 13.8. The van der Waals surface area contributed by atoms with E-state index in [4.69, 9.17) is 14.2 Å². The molecular formula is C30H48N2O7. The van der Waals surface area contributed by atoms with Gasteiger partial charge in [-0.1, -0.05) is 26.0 Å². The van der Waals surface area contributed by atoms with Gasteiger partial charge in [-0.25, -0.2) is 9.59 Å². The van der Waals surface area contributed by atoms with E-state index < -0.39 is 29.6 Å². The van der Waals surface area contributed by atoms with Crippen molar-refractivity contribution >= 4 is 18.0 Å². The molecule has 1 rings (SSSR count). The van der Waals surface area contributed by atoms with Crippen molar-refractivity contribution in [2.45, 2.75) is 98.6 Å². The van der Waals surface area contributed by atoms with Crippen LogP contribution < -0.4 is 15.4 Å². The first-order chi connectivity index (χ1) is 18.3. The van der Waals surface area contributed by atoms with Crippen LogP contribution in [-0.4, -0.2) is 54.5 Å². The summed E-state index contributed by atoms with van der Waals surface area (Å²) >= 11 is 0. The Kier molecular flexibility index (Phi) is 15.1. The largest absolute Gasteiger partial charge is 0.498 e. The smallest absolute Gasteiger partial charge is 0.407 e. The zero-order valence-corrected chi connectivity index (χ0v) is 24.7. The summed E-state index contributed by atoms with van der Waals surface area (Å²) in [5.74, 6) is 0.181. The van der Waals surface area contributed by atoms with Crippen molar-refractivity contribution in [1.82, 2.24) is 10.6 Å². The average molecular weight is 549 g/mol. The topological polar surface area (TPSA) is 123 Å². The molecule has 0 spiro atoms. The summed E-state index contributed by atoms with van der Waals surface area (Å²) in [5, 5.41) is 14.2. The van der Waals surface area contributed by atoms with E-state index in [1.807, 2.05) is 12.1 Å². The van der Waals surface area contributed by atoms with Crippen LogP contribution in [0.2, 0.25) is 0 Å². The zero-order valence-electron chi connectivity index (χ0n) is 24.7. The van der Waals surface area contributed by atoms with Crippen molar-refractivity contribution in [2.24, 2.45) is 5.92 Å². The fourth-order valence-electron chi connectivity index (χ4n) is 3.41. The van der Waals surface area contributed by atoms with E-state index in [9.17, 15) is 19.5 Å². The predicted molar refractivity (Wildman–Crippen MR) is 152 cm³/mol. The van der Waals surface area contributed by atoms with Gasteiger partial charge in [-0.15, -0.1) is 0 Å². The summed E-state index contributed by atoms with van der Waals surface area (Å²) in [6.07, 6.45) is 5.26. The highest BCUT2D eigenvalue weighted by atomic mass is 16.6. The maximum Gasteiger partial charge on any atom is 0.407 e. The van der Waals surface area contributed by atoms with Gasteiger partial charge in [-0.3, -0.25) is 4.79 Å². The van der Waals surface area contributed by atoms with E-state index in [-0.39, 0.29) is 12.1 Å². The van der Waals surface area contributed by atoms with Crippen molar-refractivity contribution in [3.8, 4) is 5.75 Å². The predicted octanol–water partition coefficient (Wildman–Crippen LogP) is 5.62. The minimum atomic E-state index is -1.31. The van der Waals surface area contributed by atoms with Gasteiger partial charge in [-0.2, -0.15) is 0 Å². The lowest BCUT2D eigenvalue weighted by molar-refractivity contribution is -0.141. The van der Waals surface area contributed by atoms with Crippen LogP contribution in [0.4, 0.5) is 4.79 Å². The summed E-state index contributed by atoms with van der Waals surface area (Å²) in [6, 6.07) is 7.03. The summed E-state index contributed by atoms with van der Waals surface area (Å²) in [5.41, 5.74) is 0.903. The minimum Gasteiger partial charge on any atom is -0.498 e. The summed E-state index contributed by atoms with van der Waals surface area (Å²) in [6.45, 7) is 13.6. The molecule has 0 heterocycles. The molecule has 1 aromatic rings. The minimum absolute atomic E-state index is 0.280. The number of alkyl carbamates (subject to hydrolysis) is 1. The molecular weight excluding hydrogens is 500 g/mol. The second-order valence-corrected chi connectivity index (χ2v) is 11.1. The molecule has 220 valence electrons. The van der Waals surface area contributed by atoms with E-state index in [1.54, 1.807) is 34.6 Å². The fourth-order valence-corrected chi connectivity index (χ4v) is 3.41. The number of rotatable bonds is 17. The lowest BCUT2D eigenvalue weighted by Gasteiger charge is -2.21. The van der Waals surface area contributed by atoms with E-state index in [0.29, 0.717) is 24.9 Å². The molecule has 1 atom stereocenters. The van der Waals surface area contributed by atoms with Gasteiger partial charge in [0.15, 0.2) is 0 Å². The maximum atomic E-state index is 12.5. The molecule has 0 fully saturated rings. The molecule has 0 aliphatic heterocycles. The molecule has 9 nitrogen and oxygen atoms in total. The standard InChI is InChI=1S/C30H48N2O7/c1-21(2)12-13-24-14-16-25(17-15-24)38-19-11-9-8-10-18-37-23(4)22(3)27(33)32-26(28(34)35)20-31-29(36)39-30(5,6)7/h14-17,21,26H,8-13,18-20H2,1-7H3,(H,31,36)(H,32,33)(H,34,35). The van der Waals surface area contributed by atoms with Gasteiger partial charge >= 0.3 is 12.1 Å². The molecule has 2 amide bonds. The van der Waals surface area contributed by atoms with Crippen LogP contribution in [-0.2, 0) is 25.5 Å². The number of benzene rings is 1. The first kappa shape index (κ1) is 33.8. The first-order valence-electron chi connectivity index (χ1n) is 13.8. The number of hydrogen-bond donors (Lipinski definition) is 3. The number of allylic oxidation sites excluding steroid dienone is 1. The van der Waals surface area contributed by atoms with Gasteiger partial charge in [0.05, 0.1) is 25.3 Å². The van der Waals surface area contributed by atoms with Crippen LogP contribution in [0.5, 0.6) is 5.75 Å². The van der Waals surface area contributed by atoms with Gasteiger partial charge in [0.2, 0.25) is 0 Å². The SMILES string of the molecule is CC(OCCCCCCOc1ccc(CCC(C)C)cc1)=C(C)C(=O)NC(CNC(=O)OC(C)(C)C)C(=O)O. The van der Waals surface area contributed by atoms with Crippen molar-refractivity contribution in [3.05, 3.63) is 41.2 Å². The van der Waals surface area contributed by atoms with Gasteiger partial charge in [0.1, 0.15) is 23.2 Å². The lowest BCUT2D eigenvalue weighted by Crippen LogP contribution is -2.49. The molecule has 0 aliphatic carbocycles. The van der Waals surface area contributed by atoms with Gasteiger partial charge in [-0.05, 0) is 96.8 Å². The second kappa shape index (κ2) is 17.4. The monoisotopic (exact) mass is 548 g/mol. The van der Waals surface area contributed by atoms with Crippen molar-refractivity contribution in [2.75, 3.05) is 19.8 Å². The van der Waals surface area contributed by atoms with E-state index >= 15 is 0 Å². The third-order valence-corrected chi connectivity index (χ3v) is 5.88. The van der Waals surface area contributed by atoms with E-state index in [2.05, 4.69) is 36.6 Å². The van der Waals surface area contributed by atoms with Crippen LogP contribution in [0.3, 0.4) is 0 Å². The molecule has 1 aromatic carbocycles. The molecule has 9 heteroatoms. The molecule has 3 N–H and O–H groups in total. The lowest BCUT2D eigenvalue weighted by atomic mass is 10.0. The molecule has 0 aliphatic rings. The Morgan fingerprint density at radius 1 is 0.949 bits per heavy atom. The normalized spacial score (nSPS) is 12.8. The van der Waals surface area contributed by atoms with Crippen LogP contribution in [0, 0.1) is 5.92 Å². The number of unbranched alkanes of at least 4 members (excludes halogenated alkanes) is 3. The third kappa shape index (κ3) is 15.7. The van der Waals surface area contributed by atoms with Crippen LogP contribution in [0.1, 0.15) is 86.1 Å². The number of carbonyl (C=O) groups is 3. The molecule has 0 bridgehead atoms. The molecule has 39 heavy (non-hydrogen) atoms. The van der Waals surface area contributed by atoms with Crippen LogP contribution in [0.25, 0.3) is 0 Å².